The van der Waals surface area contributed by atoms with Crippen molar-refractivity contribution in [1.29, 1.82) is 0 Å². The average Bonchev–Trinajstić information content (AvgIpc) is 2.17. The minimum Gasteiger partial charge on any atom is -0.207 e. The van der Waals surface area contributed by atoms with Gasteiger partial charge < -0.3 is 0 Å². The van der Waals surface area contributed by atoms with Gasteiger partial charge in [-0.25, -0.2) is 13.1 Å². The van der Waals surface area contributed by atoms with Crippen molar-refractivity contribution in [3.05, 3.63) is 42.0 Å². The third-order valence-electron chi connectivity index (χ3n) is 2.40. The Balaban J connectivity index is 2.94. The fourth-order valence-electron chi connectivity index (χ4n) is 1.12. The van der Waals surface area contributed by atoms with Crippen LogP contribution in [0.2, 0.25) is 0 Å². The van der Waals surface area contributed by atoms with Crippen LogP contribution < -0.4 is 4.72 Å². The average molecular weight is 239 g/mol. The van der Waals surface area contributed by atoms with Gasteiger partial charge in [0.05, 0.1) is 4.90 Å². The lowest BCUT2D eigenvalue weighted by Crippen LogP contribution is -2.33. The molecule has 0 aliphatic rings. The summed E-state index contributed by atoms with van der Waals surface area (Å²) in [7, 11) is -3.43. The van der Waals surface area contributed by atoms with Crippen LogP contribution in [0, 0.1) is 6.92 Å². The molecule has 4 heteroatoms. The molecule has 0 fully saturated rings. The maximum absolute atomic E-state index is 11.9. The third-order valence-corrected chi connectivity index (χ3v) is 3.96. The Morgan fingerprint density at radius 3 is 2.25 bits per heavy atom. The maximum Gasteiger partial charge on any atom is 0.241 e. The summed E-state index contributed by atoms with van der Waals surface area (Å²) in [5.74, 6) is 0. The Morgan fingerprint density at radius 2 is 1.81 bits per heavy atom. The van der Waals surface area contributed by atoms with Crippen LogP contribution in [-0.2, 0) is 10.0 Å². The van der Waals surface area contributed by atoms with Crippen molar-refractivity contribution in [2.45, 2.75) is 31.7 Å². The molecule has 0 amide bonds. The number of hydrogen-bond donors (Lipinski definition) is 1. The second-order valence-electron chi connectivity index (χ2n) is 4.00. The number of aryl methyl sites for hydroxylation is 1. The van der Waals surface area contributed by atoms with E-state index in [4.69, 9.17) is 0 Å². The summed E-state index contributed by atoms with van der Waals surface area (Å²) < 4.78 is 26.4. The summed E-state index contributed by atoms with van der Waals surface area (Å²) in [6.45, 7) is 9.20. The minimum atomic E-state index is -3.43. The maximum atomic E-state index is 11.9. The molecule has 0 aromatic heterocycles. The van der Waals surface area contributed by atoms with E-state index in [1.165, 1.54) is 0 Å². The Morgan fingerprint density at radius 1 is 1.31 bits per heavy atom. The molecule has 0 spiro atoms. The SMILES string of the molecule is C=C(C)C(C)NS(=O)(=O)c1ccc(C)cc1. The van der Waals surface area contributed by atoms with Gasteiger partial charge in [-0.15, -0.1) is 0 Å². The lowest BCUT2D eigenvalue weighted by atomic mass is 10.2. The Bertz CT molecular complexity index is 474. The molecular weight excluding hydrogens is 222 g/mol. The van der Waals surface area contributed by atoms with E-state index in [0.717, 1.165) is 11.1 Å². The highest BCUT2D eigenvalue weighted by Crippen LogP contribution is 2.11. The van der Waals surface area contributed by atoms with Crippen molar-refractivity contribution in [3.8, 4) is 0 Å². The molecular formula is C12H17NO2S. The van der Waals surface area contributed by atoms with Crippen molar-refractivity contribution in [2.24, 2.45) is 0 Å². The first-order valence-electron chi connectivity index (χ1n) is 5.07. The summed E-state index contributed by atoms with van der Waals surface area (Å²) >= 11 is 0. The van der Waals surface area contributed by atoms with Gasteiger partial charge in [-0.1, -0.05) is 29.8 Å². The van der Waals surface area contributed by atoms with Crippen LogP contribution in [0.4, 0.5) is 0 Å². The van der Waals surface area contributed by atoms with Gasteiger partial charge in [0.15, 0.2) is 0 Å². The lowest BCUT2D eigenvalue weighted by molar-refractivity contribution is 0.573. The zero-order chi connectivity index (χ0) is 12.3. The fraction of sp³-hybridized carbons (Fsp3) is 0.333. The third kappa shape index (κ3) is 3.18. The van der Waals surface area contributed by atoms with E-state index in [9.17, 15) is 8.42 Å². The van der Waals surface area contributed by atoms with E-state index in [-0.39, 0.29) is 10.9 Å². The molecule has 0 saturated heterocycles. The predicted molar refractivity (Wildman–Crippen MR) is 65.8 cm³/mol. The number of sulfonamides is 1. The summed E-state index contributed by atoms with van der Waals surface area (Å²) in [5, 5.41) is 0. The van der Waals surface area contributed by atoms with Gasteiger partial charge in [0, 0.05) is 6.04 Å². The van der Waals surface area contributed by atoms with Crippen molar-refractivity contribution < 1.29 is 8.42 Å². The van der Waals surface area contributed by atoms with Crippen LogP contribution in [-0.4, -0.2) is 14.5 Å². The number of benzene rings is 1. The molecule has 1 rings (SSSR count). The zero-order valence-corrected chi connectivity index (χ0v) is 10.6. The van der Waals surface area contributed by atoms with Gasteiger partial charge in [0.1, 0.15) is 0 Å². The van der Waals surface area contributed by atoms with E-state index in [1.807, 2.05) is 6.92 Å². The Hall–Kier alpha value is -1.13. The van der Waals surface area contributed by atoms with E-state index < -0.39 is 10.0 Å². The van der Waals surface area contributed by atoms with Crippen LogP contribution in [0.5, 0.6) is 0 Å². The molecule has 88 valence electrons. The van der Waals surface area contributed by atoms with Crippen LogP contribution in [0.15, 0.2) is 41.3 Å². The fourth-order valence-corrected chi connectivity index (χ4v) is 2.42. The molecule has 0 aliphatic heterocycles. The molecule has 1 atom stereocenters. The quantitative estimate of drug-likeness (QED) is 0.819. The Kier molecular flexibility index (Phi) is 3.88. The normalized spacial score (nSPS) is 13.4. The Labute approximate surface area is 97.2 Å². The molecule has 3 nitrogen and oxygen atoms in total. The lowest BCUT2D eigenvalue weighted by Gasteiger charge is -2.14. The molecule has 0 saturated carbocycles. The molecule has 1 N–H and O–H groups in total. The van der Waals surface area contributed by atoms with E-state index in [1.54, 1.807) is 38.1 Å². The molecule has 1 unspecified atom stereocenters. The zero-order valence-electron chi connectivity index (χ0n) is 9.82. The molecule has 0 bridgehead atoms. The van der Waals surface area contributed by atoms with Crippen LogP contribution in [0.1, 0.15) is 19.4 Å². The summed E-state index contributed by atoms with van der Waals surface area (Å²) in [5.41, 5.74) is 1.82. The van der Waals surface area contributed by atoms with E-state index >= 15 is 0 Å². The first kappa shape index (κ1) is 12.9. The van der Waals surface area contributed by atoms with Gasteiger partial charge in [-0.3, -0.25) is 0 Å². The van der Waals surface area contributed by atoms with Gasteiger partial charge in [-0.05, 0) is 32.9 Å². The number of rotatable bonds is 4. The van der Waals surface area contributed by atoms with Gasteiger partial charge >= 0.3 is 0 Å². The highest BCUT2D eigenvalue weighted by molar-refractivity contribution is 7.89. The molecule has 16 heavy (non-hydrogen) atoms. The standard InChI is InChI=1S/C12H17NO2S/c1-9(2)11(4)13-16(14,15)12-7-5-10(3)6-8-12/h5-8,11,13H,1H2,2-4H3. The van der Waals surface area contributed by atoms with Crippen LogP contribution in [0.25, 0.3) is 0 Å². The topological polar surface area (TPSA) is 46.2 Å². The van der Waals surface area contributed by atoms with E-state index in [2.05, 4.69) is 11.3 Å². The smallest absolute Gasteiger partial charge is 0.207 e. The van der Waals surface area contributed by atoms with Gasteiger partial charge in [-0.2, -0.15) is 0 Å². The highest BCUT2D eigenvalue weighted by Gasteiger charge is 2.16. The van der Waals surface area contributed by atoms with Crippen molar-refractivity contribution in [1.82, 2.24) is 4.72 Å². The van der Waals surface area contributed by atoms with Crippen molar-refractivity contribution in [2.75, 3.05) is 0 Å². The highest BCUT2D eigenvalue weighted by atomic mass is 32.2. The predicted octanol–water partition coefficient (Wildman–Crippen LogP) is 2.24. The van der Waals surface area contributed by atoms with E-state index in [0.29, 0.717) is 0 Å². The molecule has 0 heterocycles. The largest absolute Gasteiger partial charge is 0.241 e. The summed E-state index contributed by atoms with van der Waals surface area (Å²) in [6, 6.07) is 6.50. The van der Waals surface area contributed by atoms with Gasteiger partial charge in [0.2, 0.25) is 10.0 Å². The van der Waals surface area contributed by atoms with Crippen molar-refractivity contribution >= 4 is 10.0 Å². The first-order chi connectivity index (χ1) is 7.33. The van der Waals surface area contributed by atoms with Gasteiger partial charge in [0.25, 0.3) is 0 Å². The number of hydrogen-bond acceptors (Lipinski definition) is 2. The first-order valence-corrected chi connectivity index (χ1v) is 6.55. The minimum absolute atomic E-state index is 0.258. The second-order valence-corrected chi connectivity index (χ2v) is 5.72. The molecule has 0 aliphatic carbocycles. The van der Waals surface area contributed by atoms with Crippen LogP contribution >= 0.6 is 0 Å². The van der Waals surface area contributed by atoms with Crippen LogP contribution in [0.3, 0.4) is 0 Å². The molecule has 1 aromatic carbocycles. The van der Waals surface area contributed by atoms with Crippen molar-refractivity contribution in [3.63, 3.8) is 0 Å². The molecule has 0 radical (unpaired) electrons. The number of nitrogens with one attached hydrogen (secondary N) is 1. The second kappa shape index (κ2) is 4.80. The summed E-state index contributed by atoms with van der Waals surface area (Å²) in [4.78, 5) is 0.284. The summed E-state index contributed by atoms with van der Waals surface area (Å²) in [6.07, 6.45) is 0. The molecule has 1 aromatic rings. The monoisotopic (exact) mass is 239 g/mol.